The molecule has 4 atom stereocenters. The molecule has 4 heterocycles. The summed E-state index contributed by atoms with van der Waals surface area (Å²) >= 11 is 0. The molecular formula is C45H46N8O7. The lowest BCUT2D eigenvalue weighted by molar-refractivity contribution is -0.142. The maximum Gasteiger partial charge on any atom is 0.407 e. The number of ether oxygens (including phenoxy) is 3. The zero-order chi connectivity index (χ0) is 41.8. The molecule has 0 aliphatic carbocycles. The Morgan fingerprint density at radius 2 is 1.28 bits per heavy atom. The van der Waals surface area contributed by atoms with Crippen LogP contribution in [0.1, 0.15) is 55.1 Å². The monoisotopic (exact) mass is 810 g/mol. The van der Waals surface area contributed by atoms with E-state index in [1.165, 1.54) is 14.2 Å². The molecule has 308 valence electrons. The average Bonchev–Trinajstić information content (AvgIpc) is 4.10. The molecule has 2 aliphatic heterocycles. The summed E-state index contributed by atoms with van der Waals surface area (Å²) in [5.41, 5.74) is 6.38. The number of H-pyrrole nitrogens is 2. The first kappa shape index (κ1) is 39.8. The average molecular weight is 811 g/mol. The lowest BCUT2D eigenvalue weighted by Gasteiger charge is -2.36. The number of morpholine rings is 1. The van der Waals surface area contributed by atoms with E-state index in [1.54, 1.807) is 29.1 Å². The second-order valence-corrected chi connectivity index (χ2v) is 14.9. The van der Waals surface area contributed by atoms with E-state index in [9.17, 15) is 19.2 Å². The van der Waals surface area contributed by atoms with Gasteiger partial charge in [-0.1, -0.05) is 78.9 Å². The van der Waals surface area contributed by atoms with Crippen LogP contribution in [0, 0.1) is 0 Å². The highest BCUT2D eigenvalue weighted by molar-refractivity contribution is 5.91. The van der Waals surface area contributed by atoms with Gasteiger partial charge in [-0.15, -0.1) is 0 Å². The van der Waals surface area contributed by atoms with Gasteiger partial charge in [-0.2, -0.15) is 0 Å². The van der Waals surface area contributed by atoms with E-state index < -0.39 is 30.3 Å². The molecule has 0 saturated carbocycles. The SMILES string of the molecule is COC(=O)N[C@@H](C)C(=O)N1CCOC[C@H]1c1ncc(-c2ccc3cc(-c4ccc(-c5cnc([C@@H]6CCCN6C(=O)[C@H](NC(=O)OC)c6ccccc6)[nH]5)cc4)ccc3c2)[nH]1. The molecule has 8 rings (SSSR count). The summed E-state index contributed by atoms with van der Waals surface area (Å²) in [5.74, 6) is 0.842. The van der Waals surface area contributed by atoms with Gasteiger partial charge in [-0.05, 0) is 64.9 Å². The molecule has 0 spiro atoms. The number of methoxy groups -OCH3 is 2. The van der Waals surface area contributed by atoms with Crippen LogP contribution in [0.15, 0.2) is 103 Å². The van der Waals surface area contributed by atoms with E-state index in [0.717, 1.165) is 57.3 Å². The van der Waals surface area contributed by atoms with Crippen molar-refractivity contribution in [2.75, 3.05) is 40.5 Å². The quantitative estimate of drug-likeness (QED) is 0.117. The van der Waals surface area contributed by atoms with Gasteiger partial charge in [0.2, 0.25) is 5.91 Å². The number of rotatable bonds is 10. The second-order valence-electron chi connectivity index (χ2n) is 14.9. The number of aromatic nitrogens is 4. The summed E-state index contributed by atoms with van der Waals surface area (Å²) in [5, 5.41) is 7.40. The van der Waals surface area contributed by atoms with Crippen LogP contribution in [-0.4, -0.2) is 100 Å². The fourth-order valence-electron chi connectivity index (χ4n) is 7.97. The van der Waals surface area contributed by atoms with Gasteiger partial charge in [0.1, 0.15) is 29.8 Å². The summed E-state index contributed by atoms with van der Waals surface area (Å²) < 4.78 is 15.2. The molecule has 4 amide bonds. The number of aromatic amines is 2. The van der Waals surface area contributed by atoms with Crippen molar-refractivity contribution in [3.05, 3.63) is 121 Å². The maximum atomic E-state index is 13.9. The number of imidazole rings is 2. The van der Waals surface area contributed by atoms with Gasteiger partial charge in [0.25, 0.3) is 5.91 Å². The van der Waals surface area contributed by atoms with Crippen molar-refractivity contribution >= 4 is 34.8 Å². The van der Waals surface area contributed by atoms with Crippen molar-refractivity contribution in [2.45, 2.75) is 43.9 Å². The number of amides is 4. The third kappa shape index (κ3) is 8.29. The van der Waals surface area contributed by atoms with Gasteiger partial charge in [0.05, 0.1) is 57.3 Å². The Kier molecular flexibility index (Phi) is 11.6. The lowest BCUT2D eigenvalue weighted by Crippen LogP contribution is -2.52. The first-order chi connectivity index (χ1) is 29.2. The fraction of sp³-hybridized carbons (Fsp3) is 0.289. The van der Waals surface area contributed by atoms with E-state index in [2.05, 4.69) is 84.9 Å². The Bertz CT molecular complexity index is 2500. The summed E-state index contributed by atoms with van der Waals surface area (Å²) in [7, 11) is 2.54. The van der Waals surface area contributed by atoms with Crippen LogP contribution in [0.2, 0.25) is 0 Å². The first-order valence-electron chi connectivity index (χ1n) is 19.9. The number of hydrogen-bond donors (Lipinski definition) is 4. The molecule has 15 heteroatoms. The molecule has 2 aliphatic rings. The van der Waals surface area contributed by atoms with Crippen molar-refractivity contribution in [3.63, 3.8) is 0 Å². The van der Waals surface area contributed by atoms with Crippen LogP contribution < -0.4 is 10.6 Å². The van der Waals surface area contributed by atoms with Gasteiger partial charge in [0.15, 0.2) is 0 Å². The van der Waals surface area contributed by atoms with Crippen LogP contribution >= 0.6 is 0 Å². The Hall–Kier alpha value is -7.00. The molecule has 4 N–H and O–H groups in total. The minimum absolute atomic E-state index is 0.215. The predicted octanol–water partition coefficient (Wildman–Crippen LogP) is 6.69. The van der Waals surface area contributed by atoms with Gasteiger partial charge in [0, 0.05) is 18.7 Å². The molecular weight excluding hydrogens is 765 g/mol. The van der Waals surface area contributed by atoms with Crippen LogP contribution in [0.5, 0.6) is 0 Å². The number of hydrogen-bond acceptors (Lipinski definition) is 9. The van der Waals surface area contributed by atoms with Crippen molar-refractivity contribution in [1.82, 2.24) is 40.4 Å². The zero-order valence-electron chi connectivity index (χ0n) is 33.5. The summed E-state index contributed by atoms with van der Waals surface area (Å²) in [6.45, 7) is 3.22. The van der Waals surface area contributed by atoms with E-state index in [4.69, 9.17) is 14.5 Å². The van der Waals surface area contributed by atoms with Crippen LogP contribution in [0.4, 0.5) is 9.59 Å². The number of alkyl carbamates (subject to hydrolysis) is 2. The highest BCUT2D eigenvalue weighted by Gasteiger charge is 2.37. The van der Waals surface area contributed by atoms with E-state index >= 15 is 0 Å². The Labute approximate surface area is 346 Å². The first-order valence-corrected chi connectivity index (χ1v) is 19.9. The summed E-state index contributed by atoms with van der Waals surface area (Å²) in [4.78, 5) is 70.8. The van der Waals surface area contributed by atoms with Crippen molar-refractivity contribution in [1.29, 1.82) is 0 Å². The lowest BCUT2D eigenvalue weighted by atomic mass is 9.98. The third-order valence-electron chi connectivity index (χ3n) is 11.2. The third-order valence-corrected chi connectivity index (χ3v) is 11.2. The van der Waals surface area contributed by atoms with E-state index in [1.807, 2.05) is 36.4 Å². The molecule has 2 fully saturated rings. The molecule has 0 unspecified atom stereocenters. The number of carbonyl (C=O) groups excluding carboxylic acids is 4. The second kappa shape index (κ2) is 17.5. The number of fused-ring (bicyclic) bond motifs is 1. The van der Waals surface area contributed by atoms with Gasteiger partial charge in [-0.3, -0.25) is 9.59 Å². The van der Waals surface area contributed by atoms with Gasteiger partial charge in [-0.25, -0.2) is 19.6 Å². The van der Waals surface area contributed by atoms with Gasteiger partial charge < -0.3 is 44.6 Å². The van der Waals surface area contributed by atoms with Crippen molar-refractivity contribution in [3.8, 4) is 33.6 Å². The number of carbonyl (C=O) groups is 4. The molecule has 0 bridgehead atoms. The molecule has 2 aromatic heterocycles. The topological polar surface area (TPSA) is 184 Å². The van der Waals surface area contributed by atoms with Crippen LogP contribution in [0.25, 0.3) is 44.4 Å². The summed E-state index contributed by atoms with van der Waals surface area (Å²) in [6, 6.07) is 27.7. The summed E-state index contributed by atoms with van der Waals surface area (Å²) in [6.07, 6.45) is 3.78. The standard InChI is InChI=1S/C45H46N8O7/c1-27(48-44(56)58-2)42(54)53-20-21-60-26-38(53)41-47-25-36(50-41)34-18-17-32-22-31(15-16-33(32)23-34)28-11-13-29(14-12-28)35-24-46-40(49-35)37-10-7-19-52(37)43(55)39(51-45(57)59-3)30-8-5-4-6-9-30/h4-6,8-9,11-18,22-25,27,37-39H,7,10,19-21,26H2,1-3H3,(H,46,49)(H,47,50)(H,48,56)(H,51,57)/t27-,37-,38-,39+/m0/s1. The Balaban J connectivity index is 0.945. The van der Waals surface area contributed by atoms with Gasteiger partial charge >= 0.3 is 12.2 Å². The number of benzene rings is 4. The predicted molar refractivity (Wildman–Crippen MR) is 223 cm³/mol. The highest BCUT2D eigenvalue weighted by Crippen LogP contribution is 2.35. The normalized spacial score (nSPS) is 17.5. The minimum Gasteiger partial charge on any atom is -0.453 e. The maximum absolute atomic E-state index is 13.9. The fourth-order valence-corrected chi connectivity index (χ4v) is 7.97. The molecule has 15 nitrogen and oxygen atoms in total. The molecule has 4 aromatic carbocycles. The number of nitrogens with one attached hydrogen (secondary N) is 4. The Morgan fingerprint density at radius 3 is 1.98 bits per heavy atom. The number of nitrogens with zero attached hydrogens (tertiary/aromatic N) is 4. The van der Waals surface area contributed by atoms with Crippen LogP contribution in [0.3, 0.4) is 0 Å². The molecule has 2 saturated heterocycles. The zero-order valence-corrected chi connectivity index (χ0v) is 33.5. The largest absolute Gasteiger partial charge is 0.453 e. The minimum atomic E-state index is -0.883. The molecule has 0 radical (unpaired) electrons. The highest BCUT2D eigenvalue weighted by atomic mass is 16.5. The van der Waals surface area contributed by atoms with E-state index in [0.29, 0.717) is 36.9 Å². The molecule has 60 heavy (non-hydrogen) atoms. The van der Waals surface area contributed by atoms with Crippen molar-refractivity contribution < 1.29 is 33.4 Å². The van der Waals surface area contributed by atoms with E-state index in [-0.39, 0.29) is 24.5 Å². The van der Waals surface area contributed by atoms with Crippen molar-refractivity contribution in [2.24, 2.45) is 0 Å². The van der Waals surface area contributed by atoms with Crippen LogP contribution in [-0.2, 0) is 23.8 Å². The molecule has 6 aromatic rings. The smallest absolute Gasteiger partial charge is 0.407 e. The number of likely N-dealkylation sites (tertiary alicyclic amines) is 1. The Morgan fingerprint density at radius 1 is 0.700 bits per heavy atom.